The van der Waals surface area contributed by atoms with Gasteiger partial charge in [-0.3, -0.25) is 0 Å². The second-order valence-corrected chi connectivity index (χ2v) is 6.96. The summed E-state index contributed by atoms with van der Waals surface area (Å²) in [7, 11) is 2.18. The number of likely N-dealkylation sites (N-methyl/N-ethyl adjacent to an activating group) is 1. The fraction of sp³-hybridized carbons (Fsp3) is 0.421. The van der Waals surface area contributed by atoms with Crippen LogP contribution in [0.2, 0.25) is 0 Å². The van der Waals surface area contributed by atoms with Gasteiger partial charge in [0.2, 0.25) is 0 Å². The normalized spacial score (nSPS) is 16.0. The Labute approximate surface area is 158 Å². The first-order valence-corrected chi connectivity index (χ1v) is 9.33. The van der Waals surface area contributed by atoms with Crippen molar-refractivity contribution in [2.24, 2.45) is 0 Å². The molecule has 0 radical (unpaired) electrons. The Balaban J connectivity index is 1.40. The number of aromatic nitrogens is 4. The summed E-state index contributed by atoms with van der Waals surface area (Å²) >= 11 is 0. The van der Waals surface area contributed by atoms with Crippen LogP contribution in [0.3, 0.4) is 0 Å². The first-order chi connectivity index (χ1) is 13.2. The number of phenols is 1. The van der Waals surface area contributed by atoms with E-state index in [-0.39, 0.29) is 5.75 Å². The maximum atomic E-state index is 9.47. The lowest BCUT2D eigenvalue weighted by molar-refractivity contribution is 0.154. The summed E-state index contributed by atoms with van der Waals surface area (Å²) in [4.78, 5) is 13.7. The third-order valence-corrected chi connectivity index (χ3v) is 5.00. The molecule has 0 spiro atoms. The highest BCUT2D eigenvalue weighted by molar-refractivity contribution is 5.87. The van der Waals surface area contributed by atoms with Gasteiger partial charge in [-0.25, -0.2) is 14.6 Å². The molecule has 2 aromatic heterocycles. The zero-order chi connectivity index (χ0) is 18.6. The van der Waals surface area contributed by atoms with E-state index >= 15 is 0 Å². The van der Waals surface area contributed by atoms with Gasteiger partial charge in [0.15, 0.2) is 5.65 Å². The molecule has 3 aromatic rings. The average Bonchev–Trinajstić information content (AvgIpc) is 3.12. The highest BCUT2D eigenvalue weighted by Gasteiger charge is 2.14. The molecule has 1 aromatic carbocycles. The maximum absolute atomic E-state index is 9.47. The van der Waals surface area contributed by atoms with Crippen molar-refractivity contribution in [3.05, 3.63) is 36.8 Å². The van der Waals surface area contributed by atoms with Crippen molar-refractivity contribution in [3.63, 3.8) is 0 Å². The molecule has 3 heterocycles. The Morgan fingerprint density at radius 3 is 2.63 bits per heavy atom. The molecule has 1 aliphatic rings. The lowest BCUT2D eigenvalue weighted by Gasteiger charge is -2.32. The van der Waals surface area contributed by atoms with Crippen LogP contribution >= 0.6 is 0 Å². The molecule has 1 aliphatic heterocycles. The maximum Gasteiger partial charge on any atom is 0.168 e. The van der Waals surface area contributed by atoms with Crippen LogP contribution < -0.4 is 5.32 Å². The van der Waals surface area contributed by atoms with Crippen LogP contribution in [-0.2, 0) is 0 Å². The van der Waals surface area contributed by atoms with Gasteiger partial charge in [0.05, 0.1) is 17.3 Å². The van der Waals surface area contributed by atoms with E-state index in [0.29, 0.717) is 0 Å². The third kappa shape index (κ3) is 4.01. The number of phenolic OH excluding ortho intramolecular Hbond substituents is 1. The lowest BCUT2D eigenvalue weighted by atomic mass is 10.3. The van der Waals surface area contributed by atoms with Crippen LogP contribution in [0, 0.1) is 0 Å². The molecule has 1 fully saturated rings. The van der Waals surface area contributed by atoms with Gasteiger partial charge in [-0.2, -0.15) is 5.10 Å². The number of aromatic hydroxyl groups is 1. The lowest BCUT2D eigenvalue weighted by Crippen LogP contribution is -2.44. The van der Waals surface area contributed by atoms with Crippen molar-refractivity contribution in [2.75, 3.05) is 51.6 Å². The van der Waals surface area contributed by atoms with Gasteiger partial charge in [-0.1, -0.05) is 0 Å². The Hall–Kier alpha value is -2.71. The Bertz CT molecular complexity index is 885. The van der Waals surface area contributed by atoms with Crippen LogP contribution in [0.1, 0.15) is 6.42 Å². The van der Waals surface area contributed by atoms with E-state index in [1.165, 1.54) is 0 Å². The van der Waals surface area contributed by atoms with Crippen molar-refractivity contribution in [3.8, 4) is 11.4 Å². The summed E-state index contributed by atoms with van der Waals surface area (Å²) < 4.78 is 1.76. The summed E-state index contributed by atoms with van der Waals surface area (Å²) in [6.07, 6.45) is 4.41. The number of fused-ring (bicyclic) bond motifs is 1. The molecule has 27 heavy (non-hydrogen) atoms. The molecule has 8 nitrogen and oxygen atoms in total. The van der Waals surface area contributed by atoms with Crippen molar-refractivity contribution < 1.29 is 5.11 Å². The molecule has 0 saturated carbocycles. The average molecular weight is 367 g/mol. The highest BCUT2D eigenvalue weighted by atomic mass is 16.3. The number of hydrogen-bond donors (Lipinski definition) is 2. The molecule has 0 atom stereocenters. The van der Waals surface area contributed by atoms with Crippen molar-refractivity contribution in [2.45, 2.75) is 6.42 Å². The number of hydrogen-bond acceptors (Lipinski definition) is 7. The van der Waals surface area contributed by atoms with Gasteiger partial charge in [-0.15, -0.1) is 0 Å². The van der Waals surface area contributed by atoms with E-state index in [1.807, 2.05) is 12.1 Å². The van der Waals surface area contributed by atoms with Gasteiger partial charge < -0.3 is 20.2 Å². The molecule has 4 rings (SSSR count). The van der Waals surface area contributed by atoms with Gasteiger partial charge in [0, 0.05) is 32.7 Å². The molecule has 0 amide bonds. The quantitative estimate of drug-likeness (QED) is 0.640. The van der Waals surface area contributed by atoms with E-state index in [4.69, 9.17) is 0 Å². The van der Waals surface area contributed by atoms with E-state index < -0.39 is 0 Å². The van der Waals surface area contributed by atoms with Crippen LogP contribution in [0.15, 0.2) is 36.8 Å². The minimum Gasteiger partial charge on any atom is -0.508 e. The molecule has 0 unspecified atom stereocenters. The largest absolute Gasteiger partial charge is 0.508 e. The van der Waals surface area contributed by atoms with Crippen LogP contribution in [0.25, 0.3) is 16.7 Å². The highest BCUT2D eigenvalue weighted by Crippen LogP contribution is 2.22. The first-order valence-electron chi connectivity index (χ1n) is 9.33. The molecule has 142 valence electrons. The Morgan fingerprint density at radius 1 is 1.07 bits per heavy atom. The molecule has 8 heteroatoms. The first kappa shape index (κ1) is 17.7. The zero-order valence-electron chi connectivity index (χ0n) is 15.5. The topological polar surface area (TPSA) is 82.3 Å². The van der Waals surface area contributed by atoms with E-state index in [2.05, 4.69) is 37.2 Å². The third-order valence-electron chi connectivity index (χ3n) is 5.00. The Morgan fingerprint density at radius 2 is 1.85 bits per heavy atom. The number of piperazine rings is 1. The van der Waals surface area contributed by atoms with Crippen LogP contribution in [0.4, 0.5) is 5.82 Å². The second-order valence-electron chi connectivity index (χ2n) is 6.96. The summed E-state index contributed by atoms with van der Waals surface area (Å²) in [5, 5.41) is 18.2. The Kier molecular flexibility index (Phi) is 5.17. The standard InChI is InChI=1S/C19H25N7O/c1-24-9-11-25(12-10-24)8-2-7-20-18-17-13-23-26(19(17)22-14-21-18)15-3-5-16(27)6-4-15/h3-6,13-14,27H,2,7-12H2,1H3,(H,20,21,22). The van der Waals surface area contributed by atoms with Crippen LogP contribution in [-0.4, -0.2) is 81.0 Å². The van der Waals surface area contributed by atoms with Crippen molar-refractivity contribution in [1.82, 2.24) is 29.5 Å². The van der Waals surface area contributed by atoms with Gasteiger partial charge in [-0.05, 0) is 44.3 Å². The predicted octanol–water partition coefficient (Wildman–Crippen LogP) is 1.57. The molecule has 0 bridgehead atoms. The monoisotopic (exact) mass is 367 g/mol. The smallest absolute Gasteiger partial charge is 0.168 e. The summed E-state index contributed by atoms with van der Waals surface area (Å²) in [6.45, 7) is 6.55. The van der Waals surface area contributed by atoms with Gasteiger partial charge in [0.25, 0.3) is 0 Å². The molecule has 0 aliphatic carbocycles. The van der Waals surface area contributed by atoms with Crippen molar-refractivity contribution >= 4 is 16.9 Å². The molecule has 2 N–H and O–H groups in total. The van der Waals surface area contributed by atoms with Gasteiger partial charge in [0.1, 0.15) is 17.9 Å². The fourth-order valence-electron chi connectivity index (χ4n) is 3.35. The minimum atomic E-state index is 0.229. The minimum absolute atomic E-state index is 0.229. The number of nitrogens with zero attached hydrogens (tertiary/aromatic N) is 6. The van der Waals surface area contributed by atoms with E-state index in [1.54, 1.807) is 29.3 Å². The van der Waals surface area contributed by atoms with Gasteiger partial charge >= 0.3 is 0 Å². The van der Waals surface area contributed by atoms with E-state index in [0.717, 1.165) is 68.2 Å². The number of nitrogens with one attached hydrogen (secondary N) is 1. The van der Waals surface area contributed by atoms with Crippen molar-refractivity contribution in [1.29, 1.82) is 0 Å². The number of anilines is 1. The van der Waals surface area contributed by atoms with E-state index in [9.17, 15) is 5.11 Å². The summed E-state index contributed by atoms with van der Waals surface area (Å²) in [5.41, 5.74) is 1.60. The zero-order valence-corrected chi connectivity index (χ0v) is 15.5. The number of benzene rings is 1. The molecule has 1 saturated heterocycles. The SMILES string of the molecule is CN1CCN(CCCNc2ncnc3c2cnn3-c2ccc(O)cc2)CC1. The summed E-state index contributed by atoms with van der Waals surface area (Å²) in [6, 6.07) is 6.91. The fourth-order valence-corrected chi connectivity index (χ4v) is 3.35. The second kappa shape index (κ2) is 7.89. The van der Waals surface area contributed by atoms with Crippen LogP contribution in [0.5, 0.6) is 5.75 Å². The molecular weight excluding hydrogens is 342 g/mol. The summed E-state index contributed by atoms with van der Waals surface area (Å²) in [5.74, 6) is 1.04. The predicted molar refractivity (Wildman–Crippen MR) is 105 cm³/mol. The molecular formula is C19H25N7O. The number of rotatable bonds is 6.